The summed E-state index contributed by atoms with van der Waals surface area (Å²) in [5, 5.41) is 13.7. The predicted molar refractivity (Wildman–Crippen MR) is 117 cm³/mol. The van der Waals surface area contributed by atoms with Crippen LogP contribution >= 0.6 is 28.1 Å². The molecule has 0 unspecified atom stereocenters. The highest BCUT2D eigenvalue weighted by molar-refractivity contribution is 9.10. The van der Waals surface area contributed by atoms with E-state index in [9.17, 15) is 19.7 Å². The van der Waals surface area contributed by atoms with Gasteiger partial charge in [-0.3, -0.25) is 29.9 Å². The van der Waals surface area contributed by atoms with Crippen molar-refractivity contribution < 1.29 is 24.0 Å². The summed E-state index contributed by atoms with van der Waals surface area (Å²) in [7, 11) is 2.64. The Kier molecular flexibility index (Phi) is 6.13. The van der Waals surface area contributed by atoms with Gasteiger partial charge in [0.2, 0.25) is 5.75 Å². The molecular formula is C19H14BrN3O6S. The van der Waals surface area contributed by atoms with Crippen molar-refractivity contribution >= 4 is 62.5 Å². The van der Waals surface area contributed by atoms with Gasteiger partial charge >= 0.3 is 5.69 Å². The summed E-state index contributed by atoms with van der Waals surface area (Å²) in [6.45, 7) is 0. The first-order valence-corrected chi connectivity index (χ1v) is 9.54. The summed E-state index contributed by atoms with van der Waals surface area (Å²) in [6.07, 6.45) is 1.22. The van der Waals surface area contributed by atoms with Crippen LogP contribution in [0.2, 0.25) is 0 Å². The van der Waals surface area contributed by atoms with Crippen molar-refractivity contribution in [3.63, 3.8) is 0 Å². The van der Waals surface area contributed by atoms with Crippen LogP contribution in [0, 0.1) is 10.1 Å². The zero-order valence-corrected chi connectivity index (χ0v) is 18.1. The summed E-state index contributed by atoms with van der Waals surface area (Å²) >= 11 is 8.47. The van der Waals surface area contributed by atoms with E-state index in [-0.39, 0.29) is 33.4 Å². The lowest BCUT2D eigenvalue weighted by Gasteiger charge is -2.29. The highest BCUT2D eigenvalue weighted by Crippen LogP contribution is 2.36. The highest BCUT2D eigenvalue weighted by atomic mass is 79.9. The van der Waals surface area contributed by atoms with Crippen molar-refractivity contribution in [1.29, 1.82) is 0 Å². The minimum atomic E-state index is -0.723. The van der Waals surface area contributed by atoms with Gasteiger partial charge in [0.1, 0.15) is 11.3 Å². The summed E-state index contributed by atoms with van der Waals surface area (Å²) in [6, 6.07) is 9.24. The predicted octanol–water partition coefficient (Wildman–Crippen LogP) is 3.21. The van der Waals surface area contributed by atoms with Gasteiger partial charge < -0.3 is 9.47 Å². The first-order chi connectivity index (χ1) is 14.3. The Morgan fingerprint density at radius 3 is 2.33 bits per heavy atom. The number of benzene rings is 2. The second-order valence-electron chi connectivity index (χ2n) is 5.96. The minimum absolute atomic E-state index is 0.0175. The molecule has 1 heterocycles. The molecule has 0 aromatic heterocycles. The smallest absolute Gasteiger partial charge is 0.311 e. The Bertz CT molecular complexity index is 1100. The fourth-order valence-corrected chi connectivity index (χ4v) is 3.34. The maximum Gasteiger partial charge on any atom is 0.311 e. The van der Waals surface area contributed by atoms with Crippen LogP contribution in [-0.4, -0.2) is 36.1 Å². The molecule has 9 nitrogen and oxygen atoms in total. The average molecular weight is 492 g/mol. The zero-order valence-electron chi connectivity index (χ0n) is 15.7. The summed E-state index contributed by atoms with van der Waals surface area (Å²) in [4.78, 5) is 37.4. The van der Waals surface area contributed by atoms with Gasteiger partial charge in [-0.15, -0.1) is 0 Å². The number of anilines is 1. The first kappa shape index (κ1) is 21.4. The molecule has 2 aromatic rings. The molecule has 0 aliphatic carbocycles. The Labute approximate surface area is 184 Å². The maximum absolute atomic E-state index is 13.1. The molecule has 0 spiro atoms. The van der Waals surface area contributed by atoms with E-state index >= 15 is 0 Å². The molecule has 154 valence electrons. The lowest BCUT2D eigenvalue weighted by Crippen LogP contribution is -2.54. The van der Waals surface area contributed by atoms with Gasteiger partial charge in [-0.1, -0.05) is 15.9 Å². The first-order valence-electron chi connectivity index (χ1n) is 8.34. The third kappa shape index (κ3) is 4.02. The van der Waals surface area contributed by atoms with E-state index in [4.69, 9.17) is 21.7 Å². The fourth-order valence-electron chi connectivity index (χ4n) is 2.80. The Hall–Kier alpha value is -3.31. The third-order valence-corrected chi connectivity index (χ3v) is 5.03. The number of thiocarbonyl (C=S) groups is 1. The van der Waals surface area contributed by atoms with E-state index in [2.05, 4.69) is 21.2 Å². The average Bonchev–Trinajstić information content (AvgIpc) is 2.71. The molecule has 1 saturated heterocycles. The van der Waals surface area contributed by atoms with Crippen molar-refractivity contribution in [2.45, 2.75) is 0 Å². The molecule has 1 N–H and O–H groups in total. The number of hydrogen-bond donors (Lipinski definition) is 1. The van der Waals surface area contributed by atoms with E-state index in [0.717, 1.165) is 4.47 Å². The van der Waals surface area contributed by atoms with E-state index in [0.29, 0.717) is 5.69 Å². The molecule has 11 heteroatoms. The van der Waals surface area contributed by atoms with E-state index in [1.54, 1.807) is 24.3 Å². The van der Waals surface area contributed by atoms with Gasteiger partial charge in [-0.25, -0.2) is 0 Å². The van der Waals surface area contributed by atoms with Gasteiger partial charge in [0.05, 0.1) is 24.8 Å². The lowest BCUT2D eigenvalue weighted by molar-refractivity contribution is -0.385. The number of methoxy groups -OCH3 is 2. The molecule has 3 rings (SSSR count). The van der Waals surface area contributed by atoms with Crippen LogP contribution in [0.3, 0.4) is 0 Å². The van der Waals surface area contributed by atoms with E-state index in [1.807, 2.05) is 0 Å². The van der Waals surface area contributed by atoms with Crippen LogP contribution in [0.25, 0.3) is 6.08 Å². The lowest BCUT2D eigenvalue weighted by atomic mass is 10.0. The molecule has 1 aliphatic rings. The van der Waals surface area contributed by atoms with Gasteiger partial charge in [0.25, 0.3) is 11.8 Å². The number of rotatable bonds is 5. The van der Waals surface area contributed by atoms with Crippen LogP contribution in [-0.2, 0) is 9.59 Å². The van der Waals surface area contributed by atoms with Gasteiger partial charge in [-0.05, 0) is 42.6 Å². The fraction of sp³-hybridized carbons (Fsp3) is 0.105. The number of hydrogen-bond acceptors (Lipinski definition) is 7. The number of nitrogens with one attached hydrogen (secondary N) is 1. The maximum atomic E-state index is 13.1. The van der Waals surface area contributed by atoms with Crippen LogP contribution in [0.5, 0.6) is 11.5 Å². The Morgan fingerprint density at radius 1 is 1.13 bits per heavy atom. The highest BCUT2D eigenvalue weighted by Gasteiger charge is 2.35. The van der Waals surface area contributed by atoms with Crippen LogP contribution in [0.1, 0.15) is 5.56 Å². The normalized spacial score (nSPS) is 15.2. The standard InChI is InChI=1S/C19H14BrN3O6S/c1-28-15-9-16(29-2)14(23(26)27)8-10(15)7-13-17(24)21-19(30)22(18(13)25)12-5-3-11(20)4-6-12/h3-9H,1-2H3,(H,21,24,30)/b13-7-. The number of nitro benzene ring substituents is 1. The number of nitrogens with zero attached hydrogens (tertiary/aromatic N) is 2. The largest absolute Gasteiger partial charge is 0.496 e. The molecular weight excluding hydrogens is 478 g/mol. The molecule has 0 bridgehead atoms. The van der Waals surface area contributed by atoms with Crippen molar-refractivity contribution in [2.24, 2.45) is 0 Å². The molecule has 30 heavy (non-hydrogen) atoms. The number of carbonyl (C=O) groups excluding carboxylic acids is 2. The number of amides is 2. The van der Waals surface area contributed by atoms with E-state index in [1.165, 1.54) is 37.3 Å². The number of carbonyl (C=O) groups is 2. The Balaban J connectivity index is 2.11. The second kappa shape index (κ2) is 8.59. The number of halogens is 1. The SMILES string of the molecule is COc1cc(OC)c([N+](=O)[O-])cc1/C=C1/C(=O)NC(=S)N(c2ccc(Br)cc2)C1=O. The molecule has 0 saturated carbocycles. The number of nitro groups is 1. The molecule has 0 radical (unpaired) electrons. The van der Waals surface area contributed by atoms with Crippen molar-refractivity contribution in [3.8, 4) is 11.5 Å². The molecule has 2 aromatic carbocycles. The monoisotopic (exact) mass is 491 g/mol. The summed E-state index contributed by atoms with van der Waals surface area (Å²) in [5.41, 5.74) is 0.0113. The second-order valence-corrected chi connectivity index (χ2v) is 7.26. The van der Waals surface area contributed by atoms with Crippen molar-refractivity contribution in [3.05, 3.63) is 62.1 Å². The minimum Gasteiger partial charge on any atom is -0.496 e. The van der Waals surface area contributed by atoms with Gasteiger partial charge in [0.15, 0.2) is 5.11 Å². The topological polar surface area (TPSA) is 111 Å². The van der Waals surface area contributed by atoms with E-state index < -0.39 is 16.7 Å². The third-order valence-electron chi connectivity index (χ3n) is 4.21. The van der Waals surface area contributed by atoms with Gasteiger partial charge in [-0.2, -0.15) is 0 Å². The molecule has 0 atom stereocenters. The van der Waals surface area contributed by atoms with Crippen molar-refractivity contribution in [1.82, 2.24) is 5.32 Å². The van der Waals surface area contributed by atoms with Crippen LogP contribution in [0.4, 0.5) is 11.4 Å². The van der Waals surface area contributed by atoms with Crippen LogP contribution in [0.15, 0.2) is 46.4 Å². The zero-order chi connectivity index (χ0) is 22.0. The number of ether oxygens (including phenoxy) is 2. The Morgan fingerprint density at radius 2 is 1.77 bits per heavy atom. The quantitative estimate of drug-likeness (QED) is 0.224. The van der Waals surface area contributed by atoms with Crippen LogP contribution < -0.4 is 19.7 Å². The summed E-state index contributed by atoms with van der Waals surface area (Å²) < 4.78 is 11.1. The van der Waals surface area contributed by atoms with Crippen molar-refractivity contribution in [2.75, 3.05) is 19.1 Å². The molecule has 2 amide bonds. The molecule has 1 fully saturated rings. The van der Waals surface area contributed by atoms with Gasteiger partial charge in [0, 0.05) is 22.2 Å². The molecule has 1 aliphatic heterocycles. The summed E-state index contributed by atoms with van der Waals surface area (Å²) in [5.74, 6) is -1.23.